The molecule has 0 unspecified atom stereocenters. The highest BCUT2D eigenvalue weighted by Gasteiger charge is 2.20. The van der Waals surface area contributed by atoms with Gasteiger partial charge in [0.2, 0.25) is 0 Å². The van der Waals surface area contributed by atoms with Gasteiger partial charge in [-0.05, 0) is 43.3 Å². The van der Waals surface area contributed by atoms with Crippen LogP contribution < -0.4 is 14.8 Å². The minimum atomic E-state index is -0.222. The van der Waals surface area contributed by atoms with Crippen molar-refractivity contribution in [2.75, 3.05) is 20.3 Å². The van der Waals surface area contributed by atoms with Crippen molar-refractivity contribution in [3.05, 3.63) is 96.2 Å². The molecule has 1 amide bonds. The average molecular weight is 428 g/mol. The lowest BCUT2D eigenvalue weighted by atomic mass is 10.1. The first-order chi connectivity index (χ1) is 15.7. The van der Waals surface area contributed by atoms with Gasteiger partial charge in [-0.25, -0.2) is 4.68 Å². The van der Waals surface area contributed by atoms with Crippen LogP contribution in [-0.2, 0) is 0 Å². The zero-order valence-electron chi connectivity index (χ0n) is 18.1. The Morgan fingerprint density at radius 2 is 1.69 bits per heavy atom. The van der Waals surface area contributed by atoms with E-state index in [1.807, 2.05) is 85.8 Å². The number of nitrogens with zero attached hydrogens (tertiary/aromatic N) is 2. The van der Waals surface area contributed by atoms with Crippen molar-refractivity contribution in [2.24, 2.45) is 0 Å². The summed E-state index contributed by atoms with van der Waals surface area (Å²) in [6.07, 6.45) is 1.74. The molecule has 1 N–H and O–H groups in total. The summed E-state index contributed by atoms with van der Waals surface area (Å²) in [6.45, 7) is 2.76. The van der Waals surface area contributed by atoms with Gasteiger partial charge in [0.25, 0.3) is 5.91 Å². The van der Waals surface area contributed by atoms with Crippen molar-refractivity contribution in [3.8, 4) is 28.4 Å². The highest BCUT2D eigenvalue weighted by atomic mass is 16.5. The van der Waals surface area contributed by atoms with Crippen LogP contribution >= 0.6 is 0 Å². The third-order valence-electron chi connectivity index (χ3n) is 5.02. The third kappa shape index (κ3) is 4.81. The molecule has 0 saturated heterocycles. The smallest absolute Gasteiger partial charge is 0.255 e. The van der Waals surface area contributed by atoms with E-state index in [-0.39, 0.29) is 5.91 Å². The Morgan fingerprint density at radius 3 is 2.44 bits per heavy atom. The Morgan fingerprint density at radius 1 is 0.969 bits per heavy atom. The first-order valence-corrected chi connectivity index (χ1v) is 10.4. The lowest BCUT2D eigenvalue weighted by molar-refractivity contribution is 0.0947. The fourth-order valence-corrected chi connectivity index (χ4v) is 3.36. The largest absolute Gasteiger partial charge is 0.496 e. The third-order valence-corrected chi connectivity index (χ3v) is 5.02. The predicted molar refractivity (Wildman–Crippen MR) is 125 cm³/mol. The van der Waals surface area contributed by atoms with E-state index in [9.17, 15) is 4.79 Å². The summed E-state index contributed by atoms with van der Waals surface area (Å²) in [6, 6.07) is 25.0. The number of hydrogen-bond donors (Lipinski definition) is 1. The number of carbonyl (C=O) groups is 1. The Labute approximate surface area is 187 Å². The maximum Gasteiger partial charge on any atom is 0.255 e. The molecule has 0 fully saturated rings. The van der Waals surface area contributed by atoms with Crippen LogP contribution in [0.3, 0.4) is 0 Å². The van der Waals surface area contributed by atoms with Crippen molar-refractivity contribution >= 4 is 5.91 Å². The van der Waals surface area contributed by atoms with Crippen LogP contribution in [0.25, 0.3) is 16.9 Å². The molecule has 0 aliphatic carbocycles. The number of aryl methyl sites for hydroxylation is 1. The number of hydrogen-bond acceptors (Lipinski definition) is 4. The van der Waals surface area contributed by atoms with Gasteiger partial charge in [0, 0.05) is 11.8 Å². The molecular weight excluding hydrogens is 402 g/mol. The summed E-state index contributed by atoms with van der Waals surface area (Å²) in [4.78, 5) is 13.1. The van der Waals surface area contributed by atoms with Crippen molar-refractivity contribution in [2.45, 2.75) is 6.92 Å². The summed E-state index contributed by atoms with van der Waals surface area (Å²) in [5, 5.41) is 7.64. The number of carbonyl (C=O) groups excluding carboxylic acids is 1. The number of nitrogens with one attached hydrogen (secondary N) is 1. The van der Waals surface area contributed by atoms with Gasteiger partial charge < -0.3 is 14.8 Å². The highest BCUT2D eigenvalue weighted by molar-refractivity contribution is 6.00. The van der Waals surface area contributed by atoms with Gasteiger partial charge in [-0.1, -0.05) is 48.0 Å². The van der Waals surface area contributed by atoms with Crippen LogP contribution in [0.15, 0.2) is 85.1 Å². The number of rotatable bonds is 8. The van der Waals surface area contributed by atoms with Gasteiger partial charge in [0.1, 0.15) is 23.8 Å². The van der Waals surface area contributed by atoms with Gasteiger partial charge >= 0.3 is 0 Å². The first-order valence-electron chi connectivity index (χ1n) is 10.4. The average Bonchev–Trinajstić information content (AvgIpc) is 3.29. The van der Waals surface area contributed by atoms with E-state index in [0.717, 1.165) is 17.0 Å². The molecular formula is C26H25N3O3. The summed E-state index contributed by atoms with van der Waals surface area (Å²) in [5.74, 6) is 1.21. The van der Waals surface area contributed by atoms with Crippen molar-refractivity contribution in [1.82, 2.24) is 15.1 Å². The molecule has 0 spiro atoms. The van der Waals surface area contributed by atoms with Crippen LogP contribution in [0.2, 0.25) is 0 Å². The van der Waals surface area contributed by atoms with E-state index < -0.39 is 0 Å². The summed E-state index contributed by atoms with van der Waals surface area (Å²) in [5.41, 5.74) is 3.82. The van der Waals surface area contributed by atoms with Crippen molar-refractivity contribution in [3.63, 3.8) is 0 Å². The molecule has 0 aliphatic rings. The molecule has 0 saturated carbocycles. The van der Waals surface area contributed by atoms with Crippen LogP contribution in [0, 0.1) is 6.92 Å². The van der Waals surface area contributed by atoms with Crippen molar-refractivity contribution < 1.29 is 14.3 Å². The molecule has 6 nitrogen and oxygen atoms in total. The number of benzene rings is 3. The topological polar surface area (TPSA) is 65.4 Å². The minimum Gasteiger partial charge on any atom is -0.496 e. The Bertz CT molecular complexity index is 1180. The van der Waals surface area contributed by atoms with E-state index >= 15 is 0 Å². The highest BCUT2D eigenvalue weighted by Crippen LogP contribution is 2.31. The summed E-state index contributed by atoms with van der Waals surface area (Å²) >= 11 is 0. The quantitative estimate of drug-likeness (QED) is 0.415. The number of amides is 1. The zero-order valence-corrected chi connectivity index (χ0v) is 18.1. The van der Waals surface area contributed by atoms with Crippen molar-refractivity contribution in [1.29, 1.82) is 0 Å². The first kappa shape index (κ1) is 21.2. The minimum absolute atomic E-state index is 0.222. The van der Waals surface area contributed by atoms with Gasteiger partial charge in [0.15, 0.2) is 0 Å². The molecule has 4 rings (SSSR count). The predicted octanol–water partition coefficient (Wildman–Crippen LogP) is 4.67. The molecule has 3 aromatic carbocycles. The molecule has 162 valence electrons. The monoisotopic (exact) mass is 427 g/mol. The molecule has 1 aromatic heterocycles. The number of aromatic nitrogens is 2. The number of methoxy groups -OCH3 is 1. The van der Waals surface area contributed by atoms with Crippen LogP contribution in [0.4, 0.5) is 0 Å². The fourth-order valence-electron chi connectivity index (χ4n) is 3.36. The van der Waals surface area contributed by atoms with Crippen LogP contribution in [0.5, 0.6) is 11.5 Å². The van der Waals surface area contributed by atoms with Crippen LogP contribution in [0.1, 0.15) is 15.9 Å². The van der Waals surface area contributed by atoms with E-state index in [0.29, 0.717) is 30.2 Å². The molecule has 0 bridgehead atoms. The molecule has 0 aliphatic heterocycles. The SMILES string of the molecule is COc1ccccc1-c1nn(-c2ccccc2)cc1C(=O)NCCOc1ccc(C)cc1. The van der Waals surface area contributed by atoms with Gasteiger partial charge in [-0.15, -0.1) is 0 Å². The normalized spacial score (nSPS) is 10.6. The number of para-hydroxylation sites is 2. The van der Waals surface area contributed by atoms with E-state index in [1.54, 1.807) is 18.0 Å². The van der Waals surface area contributed by atoms with Gasteiger partial charge in [-0.2, -0.15) is 5.10 Å². The summed E-state index contributed by atoms with van der Waals surface area (Å²) in [7, 11) is 1.61. The second-order valence-corrected chi connectivity index (χ2v) is 7.29. The molecule has 6 heteroatoms. The Hall–Kier alpha value is -4.06. The lowest BCUT2D eigenvalue weighted by Crippen LogP contribution is -2.28. The maximum atomic E-state index is 13.1. The standard InChI is InChI=1S/C26H25N3O3/c1-19-12-14-21(15-13-19)32-17-16-27-26(30)23-18-29(20-8-4-3-5-9-20)28-25(23)22-10-6-7-11-24(22)31-2/h3-15,18H,16-17H2,1-2H3,(H,27,30). The molecule has 0 atom stereocenters. The Kier molecular flexibility index (Phi) is 6.51. The molecule has 1 heterocycles. The molecule has 0 radical (unpaired) electrons. The second kappa shape index (κ2) is 9.83. The van der Waals surface area contributed by atoms with Gasteiger partial charge in [0.05, 0.1) is 24.9 Å². The van der Waals surface area contributed by atoms with E-state index in [2.05, 4.69) is 5.32 Å². The molecule has 4 aromatic rings. The second-order valence-electron chi connectivity index (χ2n) is 7.29. The van der Waals surface area contributed by atoms with Gasteiger partial charge in [-0.3, -0.25) is 4.79 Å². The molecule has 32 heavy (non-hydrogen) atoms. The summed E-state index contributed by atoms with van der Waals surface area (Å²) < 4.78 is 12.9. The Balaban J connectivity index is 1.55. The van der Waals surface area contributed by atoms with E-state index in [4.69, 9.17) is 14.6 Å². The van der Waals surface area contributed by atoms with Crippen LogP contribution in [-0.4, -0.2) is 35.9 Å². The van der Waals surface area contributed by atoms with E-state index in [1.165, 1.54) is 5.56 Å². The maximum absolute atomic E-state index is 13.1. The lowest BCUT2D eigenvalue weighted by Gasteiger charge is -2.09. The fraction of sp³-hybridized carbons (Fsp3) is 0.154. The number of ether oxygens (including phenoxy) is 2. The zero-order chi connectivity index (χ0) is 22.3.